The Hall–Kier alpha value is 0.150. The molecule has 2 heteroatoms. The topological polar surface area (TPSA) is 17.1 Å². The number of ketones is 1. The van der Waals surface area contributed by atoms with Crippen LogP contribution in [0, 0.1) is 5.41 Å². The van der Waals surface area contributed by atoms with Crippen LogP contribution < -0.4 is 0 Å². The van der Waals surface area contributed by atoms with Crippen molar-refractivity contribution in [2.45, 2.75) is 27.7 Å². The van der Waals surface area contributed by atoms with E-state index >= 15 is 0 Å². The van der Waals surface area contributed by atoms with E-state index in [4.69, 9.17) is 0 Å². The quantitative estimate of drug-likeness (QED) is 0.559. The van der Waals surface area contributed by atoms with Crippen LogP contribution in [-0.4, -0.2) is 5.78 Å². The number of carbonyl (C=O) groups is 1. The molecule has 0 radical (unpaired) electrons. The van der Waals surface area contributed by atoms with Crippen molar-refractivity contribution in [2.75, 3.05) is 0 Å². The smallest absolute Gasteiger partial charge is 0.135 e. The van der Waals surface area contributed by atoms with Gasteiger partial charge < -0.3 is 0 Å². The van der Waals surface area contributed by atoms with E-state index < -0.39 is 0 Å². The Morgan fingerprint density at radius 3 is 1.38 bits per heavy atom. The van der Waals surface area contributed by atoms with Crippen molar-refractivity contribution in [1.82, 2.24) is 0 Å². The van der Waals surface area contributed by atoms with Crippen LogP contribution in [0.25, 0.3) is 0 Å². The molecule has 1 nitrogen and oxygen atoms in total. The first-order valence-electron chi connectivity index (χ1n) is 2.45. The van der Waals surface area contributed by atoms with Gasteiger partial charge in [0, 0.05) is 5.41 Å². The summed E-state index contributed by atoms with van der Waals surface area (Å²) in [7, 11) is 0. The highest BCUT2D eigenvalue weighted by molar-refractivity contribution is 8.93. The maximum Gasteiger partial charge on any atom is 0.135 e. The van der Waals surface area contributed by atoms with E-state index in [2.05, 4.69) is 0 Å². The van der Waals surface area contributed by atoms with Crippen LogP contribution in [0.1, 0.15) is 27.7 Å². The first-order valence-corrected chi connectivity index (χ1v) is 2.45. The number of Topliss-reactive ketones (excluding diaryl/α,β-unsaturated/α-hetero) is 1. The number of halogens is 1. The molecule has 0 aliphatic heterocycles. The van der Waals surface area contributed by atoms with E-state index in [1.54, 1.807) is 6.92 Å². The van der Waals surface area contributed by atoms with Gasteiger partial charge in [0.05, 0.1) is 0 Å². The molecule has 0 N–H and O–H groups in total. The Bertz CT molecular complexity index is 81.0. The Labute approximate surface area is 61.2 Å². The van der Waals surface area contributed by atoms with E-state index in [1.165, 1.54) is 0 Å². The van der Waals surface area contributed by atoms with E-state index in [0.717, 1.165) is 0 Å². The number of rotatable bonds is 0. The summed E-state index contributed by atoms with van der Waals surface area (Å²) in [5, 5.41) is 0. The van der Waals surface area contributed by atoms with Crippen LogP contribution in [0.3, 0.4) is 0 Å². The molecule has 0 saturated heterocycles. The van der Waals surface area contributed by atoms with Crippen molar-refractivity contribution in [3.63, 3.8) is 0 Å². The molecule has 0 unspecified atom stereocenters. The number of hydrogen-bond acceptors (Lipinski definition) is 1. The van der Waals surface area contributed by atoms with Crippen molar-refractivity contribution < 1.29 is 4.79 Å². The van der Waals surface area contributed by atoms with Crippen LogP contribution in [0.5, 0.6) is 0 Å². The largest absolute Gasteiger partial charge is 0.299 e. The van der Waals surface area contributed by atoms with Gasteiger partial charge in [0.2, 0.25) is 0 Å². The first-order chi connectivity index (χ1) is 2.94. The van der Waals surface area contributed by atoms with Crippen LogP contribution >= 0.6 is 17.0 Å². The lowest BCUT2D eigenvalue weighted by Gasteiger charge is -2.11. The maximum atomic E-state index is 10.5. The van der Waals surface area contributed by atoms with Gasteiger partial charge in [-0.2, -0.15) is 0 Å². The minimum Gasteiger partial charge on any atom is -0.299 e. The molecule has 0 saturated carbocycles. The second kappa shape index (κ2) is 3.23. The molecular formula is C6H13BrO. The summed E-state index contributed by atoms with van der Waals surface area (Å²) in [4.78, 5) is 10.5. The average Bonchev–Trinajstić information content (AvgIpc) is 1.31. The molecule has 0 rings (SSSR count). The van der Waals surface area contributed by atoms with Gasteiger partial charge in [-0.15, -0.1) is 17.0 Å². The standard InChI is InChI=1S/C6H12O.BrH/c1-5(7)6(2,3)4;/h1-4H3;1H. The molecule has 0 spiro atoms. The van der Waals surface area contributed by atoms with Gasteiger partial charge in [-0.1, -0.05) is 20.8 Å². The van der Waals surface area contributed by atoms with Crippen molar-refractivity contribution in [3.8, 4) is 0 Å². The second-order valence-corrected chi connectivity index (χ2v) is 2.81. The zero-order valence-corrected chi connectivity index (χ0v) is 7.53. The highest BCUT2D eigenvalue weighted by Gasteiger charge is 2.14. The molecular weight excluding hydrogens is 168 g/mol. The summed E-state index contributed by atoms with van der Waals surface area (Å²) in [5.41, 5.74) is -0.139. The van der Waals surface area contributed by atoms with Crippen LogP contribution in [0.4, 0.5) is 0 Å². The fraction of sp³-hybridized carbons (Fsp3) is 0.833. The molecule has 0 amide bonds. The Kier molecular flexibility index (Phi) is 4.45. The lowest BCUT2D eigenvalue weighted by atomic mass is 9.92. The summed E-state index contributed by atoms with van der Waals surface area (Å²) < 4.78 is 0. The van der Waals surface area contributed by atoms with Crippen molar-refractivity contribution >= 4 is 22.8 Å². The molecule has 0 aromatic rings. The van der Waals surface area contributed by atoms with Gasteiger partial charge in [-0.3, -0.25) is 4.79 Å². The fourth-order valence-electron chi connectivity index (χ4n) is 0. The predicted molar refractivity (Wildman–Crippen MR) is 40.5 cm³/mol. The highest BCUT2D eigenvalue weighted by atomic mass is 79.9. The van der Waals surface area contributed by atoms with Crippen molar-refractivity contribution in [2.24, 2.45) is 5.41 Å². The van der Waals surface area contributed by atoms with Crippen molar-refractivity contribution in [3.05, 3.63) is 0 Å². The lowest BCUT2D eigenvalue weighted by Crippen LogP contribution is -2.15. The molecule has 0 bridgehead atoms. The van der Waals surface area contributed by atoms with Gasteiger partial charge in [-0.05, 0) is 6.92 Å². The summed E-state index contributed by atoms with van der Waals surface area (Å²) in [6.45, 7) is 7.35. The fourth-order valence-corrected chi connectivity index (χ4v) is 0. The van der Waals surface area contributed by atoms with Gasteiger partial charge in [0.25, 0.3) is 0 Å². The Balaban J connectivity index is 0. The molecule has 0 aliphatic rings. The number of hydrogen-bond donors (Lipinski definition) is 0. The normalized spacial score (nSPS) is 10.0. The summed E-state index contributed by atoms with van der Waals surface area (Å²) in [6.07, 6.45) is 0. The zero-order valence-electron chi connectivity index (χ0n) is 5.82. The van der Waals surface area contributed by atoms with E-state index in [0.29, 0.717) is 0 Å². The SMILES string of the molecule is Br.CC(=O)C(C)(C)C. The molecule has 0 heterocycles. The maximum absolute atomic E-state index is 10.5. The summed E-state index contributed by atoms with van der Waals surface area (Å²) in [6, 6.07) is 0. The van der Waals surface area contributed by atoms with E-state index in [1.807, 2.05) is 20.8 Å². The van der Waals surface area contributed by atoms with E-state index in [-0.39, 0.29) is 28.2 Å². The van der Waals surface area contributed by atoms with Gasteiger partial charge >= 0.3 is 0 Å². The Morgan fingerprint density at radius 1 is 1.25 bits per heavy atom. The van der Waals surface area contributed by atoms with Crippen LogP contribution in [-0.2, 0) is 4.79 Å². The molecule has 0 aromatic carbocycles. The third-order valence-corrected chi connectivity index (χ3v) is 1.06. The number of carbonyl (C=O) groups excluding carboxylic acids is 1. The van der Waals surface area contributed by atoms with Crippen molar-refractivity contribution in [1.29, 1.82) is 0 Å². The summed E-state index contributed by atoms with van der Waals surface area (Å²) >= 11 is 0. The minimum absolute atomic E-state index is 0. The summed E-state index contributed by atoms with van der Waals surface area (Å²) in [5.74, 6) is 0.243. The average molecular weight is 181 g/mol. The lowest BCUT2D eigenvalue weighted by molar-refractivity contribution is -0.124. The predicted octanol–water partition coefficient (Wildman–Crippen LogP) is 2.20. The second-order valence-electron chi connectivity index (χ2n) is 2.81. The molecule has 8 heavy (non-hydrogen) atoms. The monoisotopic (exact) mass is 180 g/mol. The molecule has 0 fully saturated rings. The van der Waals surface area contributed by atoms with Gasteiger partial charge in [0.1, 0.15) is 5.78 Å². The molecule has 50 valence electrons. The Morgan fingerprint density at radius 2 is 1.38 bits per heavy atom. The van der Waals surface area contributed by atoms with Gasteiger partial charge in [0.15, 0.2) is 0 Å². The molecule has 0 aromatic heterocycles. The zero-order chi connectivity index (χ0) is 6.08. The third-order valence-electron chi connectivity index (χ3n) is 1.06. The molecule has 0 atom stereocenters. The van der Waals surface area contributed by atoms with Crippen LogP contribution in [0.2, 0.25) is 0 Å². The molecule has 0 aliphatic carbocycles. The highest BCUT2D eigenvalue weighted by Crippen LogP contribution is 2.12. The third kappa shape index (κ3) is 4.31. The van der Waals surface area contributed by atoms with Crippen LogP contribution in [0.15, 0.2) is 0 Å². The first kappa shape index (κ1) is 11.0. The van der Waals surface area contributed by atoms with Gasteiger partial charge in [-0.25, -0.2) is 0 Å². The minimum atomic E-state index is -0.139. The van der Waals surface area contributed by atoms with E-state index in [9.17, 15) is 4.79 Å².